The van der Waals surface area contributed by atoms with Crippen LogP contribution >= 0.6 is 0 Å². The van der Waals surface area contributed by atoms with E-state index in [-0.39, 0.29) is 18.3 Å². The van der Waals surface area contributed by atoms with Gasteiger partial charge in [-0.05, 0) is 28.7 Å². The summed E-state index contributed by atoms with van der Waals surface area (Å²) in [6.07, 6.45) is 0.663. The van der Waals surface area contributed by atoms with Crippen LogP contribution in [0.4, 0.5) is 0 Å². The highest BCUT2D eigenvalue weighted by molar-refractivity contribution is 5.16. The summed E-state index contributed by atoms with van der Waals surface area (Å²) in [6.45, 7) is 6.15. The van der Waals surface area contributed by atoms with Crippen molar-refractivity contribution in [1.82, 2.24) is 0 Å². The van der Waals surface area contributed by atoms with Gasteiger partial charge in [0.1, 0.15) is 24.4 Å². The summed E-state index contributed by atoms with van der Waals surface area (Å²) in [7, 11) is 0. The van der Waals surface area contributed by atoms with Crippen LogP contribution in [0.1, 0.15) is 28.7 Å². The van der Waals surface area contributed by atoms with Crippen molar-refractivity contribution in [2.45, 2.75) is 63.4 Å². The van der Waals surface area contributed by atoms with Gasteiger partial charge in [0.25, 0.3) is 0 Å². The second-order valence-corrected chi connectivity index (χ2v) is 10.5. The van der Waals surface area contributed by atoms with Gasteiger partial charge in [-0.2, -0.15) is 0 Å². The lowest BCUT2D eigenvalue weighted by Crippen LogP contribution is -2.61. The highest BCUT2D eigenvalue weighted by atomic mass is 16.6. The predicted molar refractivity (Wildman–Crippen MR) is 165 cm³/mol. The fourth-order valence-electron chi connectivity index (χ4n) is 5.24. The molecule has 1 aliphatic rings. The van der Waals surface area contributed by atoms with Gasteiger partial charge in [0.2, 0.25) is 0 Å². The summed E-state index contributed by atoms with van der Waals surface area (Å²) in [5.41, 5.74) is 4.37. The molecule has 1 aliphatic heterocycles. The molecule has 218 valence electrons. The molecule has 4 aromatic carbocycles. The van der Waals surface area contributed by atoms with Gasteiger partial charge in [-0.15, -0.1) is 6.58 Å². The zero-order chi connectivity index (χ0) is 28.8. The molecule has 0 saturated carbocycles. The third kappa shape index (κ3) is 8.71. The second-order valence-electron chi connectivity index (χ2n) is 10.5. The molecule has 0 bridgehead atoms. The first-order valence-electron chi connectivity index (χ1n) is 14.6. The van der Waals surface area contributed by atoms with Gasteiger partial charge in [-0.3, -0.25) is 0 Å². The van der Waals surface area contributed by atoms with Gasteiger partial charge < -0.3 is 23.7 Å². The van der Waals surface area contributed by atoms with E-state index in [1.54, 1.807) is 0 Å². The molecule has 0 amide bonds. The van der Waals surface area contributed by atoms with E-state index in [0.29, 0.717) is 39.5 Å². The zero-order valence-corrected chi connectivity index (χ0v) is 24.0. The Bertz CT molecular complexity index is 1300. The Morgan fingerprint density at radius 2 is 0.881 bits per heavy atom. The number of hydrogen-bond donors (Lipinski definition) is 0. The van der Waals surface area contributed by atoms with Gasteiger partial charge in [0.15, 0.2) is 0 Å². The van der Waals surface area contributed by atoms with E-state index in [4.69, 9.17) is 23.7 Å². The Labute approximate surface area is 249 Å². The second kappa shape index (κ2) is 16.2. The predicted octanol–water partition coefficient (Wildman–Crippen LogP) is 7.30. The average molecular weight is 565 g/mol. The summed E-state index contributed by atoms with van der Waals surface area (Å²) >= 11 is 0. The van der Waals surface area contributed by atoms with Crippen molar-refractivity contribution in [2.75, 3.05) is 6.61 Å². The quantitative estimate of drug-likeness (QED) is 0.142. The fraction of sp³-hybridized carbons (Fsp3) is 0.297. The monoisotopic (exact) mass is 564 g/mol. The lowest BCUT2D eigenvalue weighted by atomic mass is 9.92. The van der Waals surface area contributed by atoms with Crippen LogP contribution in [0.15, 0.2) is 134 Å². The summed E-state index contributed by atoms with van der Waals surface area (Å²) in [6, 6.07) is 40.7. The van der Waals surface area contributed by atoms with Crippen molar-refractivity contribution in [3.8, 4) is 0 Å². The van der Waals surface area contributed by atoms with E-state index in [9.17, 15) is 0 Å². The minimum absolute atomic E-state index is 0.270. The smallest absolute Gasteiger partial charge is 0.115 e. The van der Waals surface area contributed by atoms with E-state index >= 15 is 0 Å². The van der Waals surface area contributed by atoms with Crippen molar-refractivity contribution in [3.05, 3.63) is 156 Å². The molecule has 42 heavy (non-hydrogen) atoms. The zero-order valence-electron chi connectivity index (χ0n) is 24.0. The Balaban J connectivity index is 1.40. The average Bonchev–Trinajstić information content (AvgIpc) is 3.05. The molecule has 5 rings (SSSR count). The molecule has 0 N–H and O–H groups in total. The van der Waals surface area contributed by atoms with Gasteiger partial charge in [0.05, 0.1) is 39.1 Å². The Morgan fingerprint density at radius 3 is 1.31 bits per heavy atom. The molecule has 5 heteroatoms. The van der Waals surface area contributed by atoms with Crippen molar-refractivity contribution in [3.63, 3.8) is 0 Å². The van der Waals surface area contributed by atoms with E-state index in [1.165, 1.54) is 0 Å². The summed E-state index contributed by atoms with van der Waals surface area (Å²) < 4.78 is 32.9. The molecule has 4 aromatic rings. The van der Waals surface area contributed by atoms with Gasteiger partial charge in [0, 0.05) is 0 Å². The van der Waals surface area contributed by atoms with Crippen molar-refractivity contribution >= 4 is 0 Å². The minimum Gasteiger partial charge on any atom is -0.374 e. The summed E-state index contributed by atoms with van der Waals surface area (Å²) in [4.78, 5) is 0. The van der Waals surface area contributed by atoms with Crippen LogP contribution in [0.2, 0.25) is 0 Å². The first-order chi connectivity index (χ1) is 20.8. The normalized spacial score (nSPS) is 22.0. The van der Waals surface area contributed by atoms with Crippen LogP contribution < -0.4 is 0 Å². The largest absolute Gasteiger partial charge is 0.374 e. The maximum atomic E-state index is 6.72. The Hall–Kier alpha value is -3.58. The van der Waals surface area contributed by atoms with E-state index in [1.807, 2.05) is 78.9 Å². The maximum absolute atomic E-state index is 6.72. The van der Waals surface area contributed by atoms with Crippen LogP contribution in [-0.2, 0) is 50.1 Å². The van der Waals surface area contributed by atoms with Crippen molar-refractivity contribution < 1.29 is 23.7 Å². The maximum Gasteiger partial charge on any atom is 0.115 e. The van der Waals surface area contributed by atoms with Crippen LogP contribution in [0.5, 0.6) is 0 Å². The molecule has 1 heterocycles. The minimum atomic E-state index is -0.425. The topological polar surface area (TPSA) is 46.2 Å². The molecular weight excluding hydrogens is 524 g/mol. The first-order valence-corrected chi connectivity index (χ1v) is 14.6. The standard InChI is InChI=1S/C37H40O5/c1-2-15-33-35(39-25-30-18-9-4-10-19-30)37(41-27-32-22-13-6-14-23-32)36(40-26-31-20-11-5-12-21-31)34(42-33)28-38-24-29-16-7-3-8-17-29/h2-14,16-23,33-37H,1,15,24-28H2/t33-,34-,35+,36+,37-/m1/s1. The van der Waals surface area contributed by atoms with Crippen LogP contribution in [0, 0.1) is 0 Å². The number of ether oxygens (including phenoxy) is 5. The van der Waals surface area contributed by atoms with Gasteiger partial charge in [-0.1, -0.05) is 127 Å². The number of rotatable bonds is 15. The fourth-order valence-corrected chi connectivity index (χ4v) is 5.24. The molecule has 5 atom stereocenters. The lowest BCUT2D eigenvalue weighted by Gasteiger charge is -2.46. The van der Waals surface area contributed by atoms with Crippen LogP contribution in [0.25, 0.3) is 0 Å². The Morgan fingerprint density at radius 1 is 0.500 bits per heavy atom. The number of hydrogen-bond acceptors (Lipinski definition) is 5. The van der Waals surface area contributed by atoms with Crippen LogP contribution in [0.3, 0.4) is 0 Å². The van der Waals surface area contributed by atoms with Crippen molar-refractivity contribution in [1.29, 1.82) is 0 Å². The lowest BCUT2D eigenvalue weighted by molar-refractivity contribution is -0.271. The van der Waals surface area contributed by atoms with Gasteiger partial charge >= 0.3 is 0 Å². The van der Waals surface area contributed by atoms with E-state index in [0.717, 1.165) is 22.3 Å². The molecule has 1 fully saturated rings. The van der Waals surface area contributed by atoms with Crippen molar-refractivity contribution in [2.24, 2.45) is 0 Å². The summed E-state index contributed by atoms with van der Waals surface area (Å²) in [5, 5.41) is 0. The highest BCUT2D eigenvalue weighted by Gasteiger charge is 2.48. The molecule has 5 nitrogen and oxygen atoms in total. The molecular formula is C37H40O5. The Kier molecular flexibility index (Phi) is 11.5. The molecule has 0 aliphatic carbocycles. The molecule has 0 aromatic heterocycles. The molecule has 1 saturated heterocycles. The SMILES string of the molecule is C=CC[C@H]1O[C@H](COCc2ccccc2)[C@H](OCc2ccccc2)[C@H](OCc2ccccc2)[C@H]1OCc1ccccc1. The summed E-state index contributed by atoms with van der Waals surface area (Å²) in [5.74, 6) is 0. The van der Waals surface area contributed by atoms with Gasteiger partial charge in [-0.25, -0.2) is 0 Å². The highest BCUT2D eigenvalue weighted by Crippen LogP contribution is 2.32. The molecule has 0 spiro atoms. The first kappa shape index (κ1) is 29.9. The van der Waals surface area contributed by atoms with Crippen LogP contribution in [-0.4, -0.2) is 37.1 Å². The van der Waals surface area contributed by atoms with E-state index < -0.39 is 12.2 Å². The number of benzene rings is 4. The third-order valence-electron chi connectivity index (χ3n) is 7.38. The molecule has 0 unspecified atom stereocenters. The third-order valence-corrected chi connectivity index (χ3v) is 7.38. The molecule has 0 radical (unpaired) electrons. The van der Waals surface area contributed by atoms with E-state index in [2.05, 4.69) is 55.1 Å².